The highest BCUT2D eigenvalue weighted by Gasteiger charge is 2.71. The topological polar surface area (TPSA) is 40.5 Å². The Bertz CT molecular complexity index is 325. The maximum atomic E-state index is 13.5. The van der Waals surface area contributed by atoms with Crippen LogP contribution in [0.1, 0.15) is 38.5 Å². The summed E-state index contributed by atoms with van der Waals surface area (Å²) in [6.07, 6.45) is -7.36. The maximum Gasteiger partial charge on any atom is 0.358 e. The van der Waals surface area contributed by atoms with E-state index in [0.717, 1.165) is 0 Å². The number of hydrogen-bond donors (Lipinski definition) is 2. The molecule has 2 N–H and O–H groups in total. The molecule has 6 heteroatoms. The molecule has 0 atom stereocenters. The molecule has 4 rings (SSSR count). The van der Waals surface area contributed by atoms with E-state index in [2.05, 4.69) is 0 Å². The predicted octanol–water partition coefficient (Wildman–Crippen LogP) is 2.74. The number of alkyl halides is 4. The van der Waals surface area contributed by atoms with Gasteiger partial charge in [-0.1, -0.05) is 0 Å². The van der Waals surface area contributed by atoms with Gasteiger partial charge in [-0.15, -0.1) is 0 Å². The Balaban J connectivity index is 2.03. The van der Waals surface area contributed by atoms with Gasteiger partial charge >= 0.3 is 12.2 Å². The Morgan fingerprint density at radius 2 is 1.11 bits per heavy atom. The third-order valence-electron chi connectivity index (χ3n) is 5.34. The van der Waals surface area contributed by atoms with Crippen molar-refractivity contribution in [3.8, 4) is 0 Å². The molecular formula is C12H16F4O2. The van der Waals surface area contributed by atoms with Crippen molar-refractivity contribution in [1.29, 1.82) is 0 Å². The van der Waals surface area contributed by atoms with Gasteiger partial charge in [0.05, 0.1) is 10.8 Å². The smallest absolute Gasteiger partial charge is 0.336 e. The van der Waals surface area contributed by atoms with E-state index < -0.39 is 29.5 Å². The van der Waals surface area contributed by atoms with Gasteiger partial charge in [0, 0.05) is 0 Å². The average molecular weight is 268 g/mol. The minimum absolute atomic E-state index is 0.0881. The van der Waals surface area contributed by atoms with Crippen LogP contribution in [0.15, 0.2) is 0 Å². The van der Waals surface area contributed by atoms with Crippen LogP contribution in [-0.2, 0) is 0 Å². The lowest BCUT2D eigenvalue weighted by atomic mass is 9.43. The van der Waals surface area contributed by atoms with Crippen LogP contribution in [0.5, 0.6) is 0 Å². The maximum absolute atomic E-state index is 13.5. The summed E-state index contributed by atoms with van der Waals surface area (Å²) in [4.78, 5) is 0. The molecule has 0 aromatic rings. The Hall–Kier alpha value is -0.360. The molecule has 4 saturated carbocycles. The van der Waals surface area contributed by atoms with Crippen LogP contribution in [0.3, 0.4) is 0 Å². The van der Waals surface area contributed by atoms with Gasteiger partial charge in [0.15, 0.2) is 0 Å². The van der Waals surface area contributed by atoms with Crippen molar-refractivity contribution in [2.45, 2.75) is 50.7 Å². The minimum atomic E-state index is -3.94. The number of hydrogen-bond acceptors (Lipinski definition) is 2. The fraction of sp³-hybridized carbons (Fsp3) is 1.00. The van der Waals surface area contributed by atoms with E-state index in [1.54, 1.807) is 0 Å². The lowest BCUT2D eigenvalue weighted by Gasteiger charge is -2.63. The molecule has 2 nitrogen and oxygen atoms in total. The molecule has 0 spiro atoms. The molecule has 4 aliphatic carbocycles. The molecular weight excluding hydrogens is 252 g/mol. The highest BCUT2D eigenvalue weighted by Crippen LogP contribution is 2.71. The molecule has 18 heavy (non-hydrogen) atoms. The summed E-state index contributed by atoms with van der Waals surface area (Å²) in [6.45, 7) is 0. The SMILES string of the molecule is OC(F)(F)C12CC3CC(C1)CC(C(O)(F)F)(C3)C2. The van der Waals surface area contributed by atoms with Crippen LogP contribution in [-0.4, -0.2) is 22.4 Å². The van der Waals surface area contributed by atoms with E-state index in [0.29, 0.717) is 6.42 Å². The highest BCUT2D eigenvalue weighted by atomic mass is 19.3. The third-order valence-corrected chi connectivity index (χ3v) is 5.34. The van der Waals surface area contributed by atoms with Crippen molar-refractivity contribution in [2.24, 2.45) is 22.7 Å². The van der Waals surface area contributed by atoms with E-state index in [1.807, 2.05) is 0 Å². The fourth-order valence-corrected chi connectivity index (χ4v) is 4.97. The molecule has 0 aliphatic heterocycles. The van der Waals surface area contributed by atoms with Crippen LogP contribution in [0.4, 0.5) is 17.6 Å². The van der Waals surface area contributed by atoms with E-state index in [4.69, 9.17) is 10.2 Å². The van der Waals surface area contributed by atoms with E-state index >= 15 is 0 Å². The Morgan fingerprint density at radius 3 is 1.39 bits per heavy atom. The molecule has 0 radical (unpaired) electrons. The quantitative estimate of drug-likeness (QED) is 0.756. The van der Waals surface area contributed by atoms with Gasteiger partial charge in [-0.3, -0.25) is 0 Å². The molecule has 0 aromatic carbocycles. The summed E-state index contributed by atoms with van der Waals surface area (Å²) in [7, 11) is 0. The van der Waals surface area contributed by atoms with Crippen molar-refractivity contribution >= 4 is 0 Å². The van der Waals surface area contributed by atoms with Gasteiger partial charge < -0.3 is 10.2 Å². The zero-order valence-corrected chi connectivity index (χ0v) is 9.80. The van der Waals surface area contributed by atoms with E-state index in [-0.39, 0.29) is 37.5 Å². The predicted molar refractivity (Wildman–Crippen MR) is 53.9 cm³/mol. The number of halogens is 4. The highest BCUT2D eigenvalue weighted by molar-refractivity contribution is 5.11. The third kappa shape index (κ3) is 1.48. The molecule has 4 fully saturated rings. The first-order valence-corrected chi connectivity index (χ1v) is 6.27. The second kappa shape index (κ2) is 3.20. The molecule has 0 unspecified atom stereocenters. The van der Waals surface area contributed by atoms with Crippen molar-refractivity contribution < 1.29 is 27.8 Å². The van der Waals surface area contributed by atoms with Gasteiger partial charge in [0.2, 0.25) is 0 Å². The standard InChI is InChI=1S/C12H16F4O2/c13-11(14,17)9-2-7-1-8(4-9)5-10(3-7,6-9)12(15,16)18/h7-8,17-18H,1-6H2. The van der Waals surface area contributed by atoms with E-state index in [9.17, 15) is 17.6 Å². The molecule has 104 valence electrons. The van der Waals surface area contributed by atoms with Crippen molar-refractivity contribution in [1.82, 2.24) is 0 Å². The fourth-order valence-electron chi connectivity index (χ4n) is 4.97. The van der Waals surface area contributed by atoms with Gasteiger partial charge in [-0.2, -0.15) is 17.6 Å². The van der Waals surface area contributed by atoms with Gasteiger partial charge in [0.1, 0.15) is 0 Å². The van der Waals surface area contributed by atoms with Gasteiger partial charge in [-0.25, -0.2) is 0 Å². The van der Waals surface area contributed by atoms with Crippen molar-refractivity contribution in [2.75, 3.05) is 0 Å². The Kier molecular flexibility index (Phi) is 2.25. The normalized spacial score (nSPS) is 47.7. The number of aliphatic hydroxyl groups is 2. The van der Waals surface area contributed by atoms with Gasteiger partial charge in [-0.05, 0) is 50.4 Å². The molecule has 0 saturated heterocycles. The van der Waals surface area contributed by atoms with Crippen LogP contribution in [0, 0.1) is 22.7 Å². The summed E-state index contributed by atoms with van der Waals surface area (Å²) >= 11 is 0. The summed E-state index contributed by atoms with van der Waals surface area (Å²) in [5.74, 6) is -0.468. The summed E-state index contributed by atoms with van der Waals surface area (Å²) < 4.78 is 53.8. The molecule has 4 bridgehead atoms. The second-order valence-electron chi connectivity index (χ2n) is 6.60. The summed E-state index contributed by atoms with van der Waals surface area (Å²) in [5.41, 5.74) is -3.52. The van der Waals surface area contributed by atoms with Crippen LogP contribution >= 0.6 is 0 Å². The molecule has 4 aliphatic rings. The van der Waals surface area contributed by atoms with Crippen molar-refractivity contribution in [3.63, 3.8) is 0 Å². The van der Waals surface area contributed by atoms with Crippen LogP contribution in [0.2, 0.25) is 0 Å². The Morgan fingerprint density at radius 1 is 0.778 bits per heavy atom. The van der Waals surface area contributed by atoms with Crippen molar-refractivity contribution in [3.05, 3.63) is 0 Å². The first-order valence-electron chi connectivity index (χ1n) is 6.27. The zero-order chi connectivity index (χ0) is 13.4. The largest absolute Gasteiger partial charge is 0.358 e. The lowest BCUT2D eigenvalue weighted by Crippen LogP contribution is -2.63. The lowest BCUT2D eigenvalue weighted by molar-refractivity contribution is -0.374. The monoisotopic (exact) mass is 268 g/mol. The molecule has 0 amide bonds. The van der Waals surface area contributed by atoms with Crippen LogP contribution < -0.4 is 0 Å². The first-order chi connectivity index (χ1) is 8.07. The number of rotatable bonds is 2. The molecule has 0 heterocycles. The van der Waals surface area contributed by atoms with E-state index in [1.165, 1.54) is 0 Å². The Labute approximate surface area is 102 Å². The average Bonchev–Trinajstić information content (AvgIpc) is 2.11. The molecule has 0 aromatic heterocycles. The first kappa shape index (κ1) is 12.7. The van der Waals surface area contributed by atoms with Crippen LogP contribution in [0.25, 0.3) is 0 Å². The summed E-state index contributed by atoms with van der Waals surface area (Å²) in [6, 6.07) is 0. The second-order valence-corrected chi connectivity index (χ2v) is 6.60. The summed E-state index contributed by atoms with van der Waals surface area (Å²) in [5, 5.41) is 18.2. The minimum Gasteiger partial charge on any atom is -0.336 e. The van der Waals surface area contributed by atoms with Gasteiger partial charge in [0.25, 0.3) is 0 Å². The zero-order valence-electron chi connectivity index (χ0n) is 9.80.